The smallest absolute Gasteiger partial charge is 0.326 e. The second kappa shape index (κ2) is 12.5. The van der Waals surface area contributed by atoms with Gasteiger partial charge >= 0.3 is 5.97 Å². The first kappa shape index (κ1) is 28.8. The highest BCUT2D eigenvalue weighted by atomic mass is 16.4. The number of nitrogens with zero attached hydrogens (tertiary/aromatic N) is 4. The highest BCUT2D eigenvalue weighted by molar-refractivity contribution is 5.78. The molecule has 1 aromatic carbocycles. The molecule has 1 aliphatic carbocycles. The van der Waals surface area contributed by atoms with Crippen molar-refractivity contribution in [3.05, 3.63) is 63.2 Å². The Kier molecular flexibility index (Phi) is 8.61. The predicted molar refractivity (Wildman–Crippen MR) is 165 cm³/mol. The summed E-state index contributed by atoms with van der Waals surface area (Å²) in [5.74, 6) is -1.13. The molecule has 3 aromatic rings. The fraction of sp³-hybridized carbons (Fsp3) is 0.588. The Balaban J connectivity index is 1.40. The molecule has 4 heterocycles. The van der Waals surface area contributed by atoms with E-state index >= 15 is 0 Å². The average molecular weight is 573 g/mol. The Bertz CT molecular complexity index is 1520. The molecule has 0 spiro atoms. The number of aromatic nitrogens is 3. The van der Waals surface area contributed by atoms with Crippen molar-refractivity contribution >= 4 is 17.0 Å². The highest BCUT2D eigenvalue weighted by Crippen LogP contribution is 2.42. The summed E-state index contributed by atoms with van der Waals surface area (Å²) in [6.07, 6.45) is 17.4. The van der Waals surface area contributed by atoms with E-state index in [0.29, 0.717) is 23.6 Å². The molecular weight excluding hydrogens is 528 g/mol. The summed E-state index contributed by atoms with van der Waals surface area (Å²) in [6, 6.07) is 12.7. The summed E-state index contributed by atoms with van der Waals surface area (Å²) in [5, 5.41) is 9.75. The number of pyridine rings is 1. The Morgan fingerprint density at radius 1 is 0.786 bits per heavy atom. The molecule has 2 aliphatic heterocycles. The zero-order valence-electron chi connectivity index (χ0n) is 24.8. The highest BCUT2D eigenvalue weighted by Gasteiger charge is 2.42. The number of fused-ring (bicyclic) bond motifs is 3. The summed E-state index contributed by atoms with van der Waals surface area (Å²) in [4.78, 5) is 46.9. The van der Waals surface area contributed by atoms with Crippen LogP contribution in [0.1, 0.15) is 109 Å². The van der Waals surface area contributed by atoms with Crippen LogP contribution in [-0.2, 0) is 4.79 Å². The van der Waals surface area contributed by atoms with Crippen molar-refractivity contribution < 1.29 is 9.90 Å². The largest absolute Gasteiger partial charge is 0.480 e. The summed E-state index contributed by atoms with van der Waals surface area (Å²) >= 11 is 0. The van der Waals surface area contributed by atoms with Crippen LogP contribution in [0.2, 0.25) is 0 Å². The molecule has 3 fully saturated rings. The molecule has 1 unspecified atom stereocenters. The molecule has 8 heteroatoms. The minimum absolute atomic E-state index is 0.0241. The van der Waals surface area contributed by atoms with Crippen molar-refractivity contribution in [1.29, 1.82) is 0 Å². The molecule has 224 valence electrons. The van der Waals surface area contributed by atoms with Crippen LogP contribution in [0.15, 0.2) is 52.1 Å². The lowest BCUT2D eigenvalue weighted by molar-refractivity contribution is -0.140. The number of piperidine rings is 2. The van der Waals surface area contributed by atoms with Gasteiger partial charge < -0.3 is 9.67 Å². The topological polar surface area (TPSA) is 97.4 Å². The molecule has 1 saturated carbocycles. The van der Waals surface area contributed by atoms with Gasteiger partial charge in [-0.05, 0) is 63.6 Å². The van der Waals surface area contributed by atoms with Crippen LogP contribution < -0.4 is 11.1 Å². The minimum Gasteiger partial charge on any atom is -0.480 e. The number of rotatable bonds is 5. The molecular formula is C34H44N4O4. The van der Waals surface area contributed by atoms with Gasteiger partial charge in [0.25, 0.3) is 11.1 Å². The van der Waals surface area contributed by atoms with E-state index in [2.05, 4.69) is 4.90 Å². The number of hydrogen-bond donors (Lipinski definition) is 1. The normalized spacial score (nSPS) is 25.2. The minimum atomic E-state index is -1.13. The number of aliphatic carboxylic acids is 1. The van der Waals surface area contributed by atoms with Gasteiger partial charge in [0.05, 0.1) is 16.7 Å². The third kappa shape index (κ3) is 5.58. The Morgan fingerprint density at radius 3 is 2.07 bits per heavy atom. The predicted octanol–water partition coefficient (Wildman–Crippen LogP) is 6.32. The molecule has 6 rings (SSSR count). The second-order valence-corrected chi connectivity index (χ2v) is 12.8. The van der Waals surface area contributed by atoms with Gasteiger partial charge in [-0.3, -0.25) is 19.1 Å². The van der Waals surface area contributed by atoms with E-state index in [1.807, 2.05) is 28.8 Å². The molecule has 2 aromatic heterocycles. The van der Waals surface area contributed by atoms with Crippen molar-refractivity contribution in [3.8, 4) is 11.4 Å². The lowest BCUT2D eigenvalue weighted by atomic mass is 9.79. The van der Waals surface area contributed by atoms with Gasteiger partial charge in [0.1, 0.15) is 6.04 Å². The maximum atomic E-state index is 14.4. The van der Waals surface area contributed by atoms with Crippen LogP contribution in [0.25, 0.3) is 22.4 Å². The van der Waals surface area contributed by atoms with Crippen molar-refractivity contribution in [2.45, 2.75) is 127 Å². The maximum absolute atomic E-state index is 14.4. The number of carboxylic acid groups (broad SMARTS) is 1. The third-order valence-corrected chi connectivity index (χ3v) is 10.1. The quantitative estimate of drug-likeness (QED) is 0.384. The summed E-state index contributed by atoms with van der Waals surface area (Å²) in [7, 11) is 0. The first-order valence-electron chi connectivity index (χ1n) is 16.2. The van der Waals surface area contributed by atoms with Crippen LogP contribution in [0.5, 0.6) is 0 Å². The average Bonchev–Trinajstić information content (AvgIpc) is 2.98. The van der Waals surface area contributed by atoms with Crippen LogP contribution in [0.4, 0.5) is 0 Å². The van der Waals surface area contributed by atoms with Gasteiger partial charge in [-0.15, -0.1) is 0 Å². The fourth-order valence-electron chi connectivity index (χ4n) is 8.17. The number of carboxylic acids is 1. The molecule has 1 N–H and O–H groups in total. The Labute approximate surface area is 247 Å². The Morgan fingerprint density at radius 2 is 1.40 bits per heavy atom. The van der Waals surface area contributed by atoms with Gasteiger partial charge in [-0.25, -0.2) is 9.78 Å². The van der Waals surface area contributed by atoms with E-state index in [1.54, 1.807) is 12.1 Å². The van der Waals surface area contributed by atoms with E-state index in [0.717, 1.165) is 18.4 Å². The summed E-state index contributed by atoms with van der Waals surface area (Å²) in [5.41, 5.74) is 1.16. The SMILES string of the molecule is CC(C(=O)O)n1c(-c2nc3ccccc3n([C@@H]3C[C@H]4CCC[C@@H](C3)N4C3CCCCCCCCC3)c2=O)cccc1=O. The molecule has 2 saturated heterocycles. The van der Waals surface area contributed by atoms with Gasteiger partial charge in [0, 0.05) is 30.2 Å². The maximum Gasteiger partial charge on any atom is 0.326 e. The van der Waals surface area contributed by atoms with E-state index < -0.39 is 17.6 Å². The third-order valence-electron chi connectivity index (χ3n) is 10.1. The molecule has 0 radical (unpaired) electrons. The van der Waals surface area contributed by atoms with Crippen molar-refractivity contribution in [2.75, 3.05) is 0 Å². The standard InChI is InChI=1S/C34H44N4O4/c1-23(34(41)42)36-30(19-12-20-31(36)39)32-33(40)38(29-18-10-9-17-28(29)35-32)27-21-25-15-11-16-26(22-27)37(25)24-13-7-5-3-2-4-6-8-14-24/h9-10,12,17-20,23-27H,2-8,11,13-16,21-22H2,1H3,(H,41,42)/t23?,25-,26+,27-. The molecule has 42 heavy (non-hydrogen) atoms. The van der Waals surface area contributed by atoms with Crippen LogP contribution in [-0.4, -0.2) is 48.2 Å². The molecule has 2 bridgehead atoms. The first-order valence-corrected chi connectivity index (χ1v) is 16.2. The van der Waals surface area contributed by atoms with Crippen LogP contribution >= 0.6 is 0 Å². The van der Waals surface area contributed by atoms with E-state index in [9.17, 15) is 19.5 Å². The monoisotopic (exact) mass is 572 g/mol. The second-order valence-electron chi connectivity index (χ2n) is 12.8. The van der Waals surface area contributed by atoms with Crippen LogP contribution in [0, 0.1) is 0 Å². The lowest BCUT2D eigenvalue weighted by Gasteiger charge is -2.53. The van der Waals surface area contributed by atoms with Gasteiger partial charge in [0.2, 0.25) is 0 Å². The zero-order chi connectivity index (χ0) is 29.2. The van der Waals surface area contributed by atoms with Crippen molar-refractivity contribution in [1.82, 2.24) is 19.0 Å². The van der Waals surface area contributed by atoms with Crippen molar-refractivity contribution in [3.63, 3.8) is 0 Å². The number of carbonyl (C=O) groups is 1. The summed E-state index contributed by atoms with van der Waals surface area (Å²) in [6.45, 7) is 1.46. The van der Waals surface area contributed by atoms with Crippen molar-refractivity contribution in [2.24, 2.45) is 0 Å². The summed E-state index contributed by atoms with van der Waals surface area (Å²) < 4.78 is 3.11. The molecule has 8 nitrogen and oxygen atoms in total. The van der Waals surface area contributed by atoms with Crippen LogP contribution in [0.3, 0.4) is 0 Å². The lowest BCUT2D eigenvalue weighted by Crippen LogP contribution is -2.57. The number of hydrogen-bond acceptors (Lipinski definition) is 5. The first-order chi connectivity index (χ1) is 20.4. The number of benzene rings is 1. The zero-order valence-corrected chi connectivity index (χ0v) is 24.8. The number of para-hydroxylation sites is 2. The van der Waals surface area contributed by atoms with Gasteiger partial charge in [-0.1, -0.05) is 69.6 Å². The molecule has 3 aliphatic rings. The Hall–Kier alpha value is -3.26. The van der Waals surface area contributed by atoms with E-state index in [1.165, 1.54) is 94.6 Å². The molecule has 0 amide bonds. The fourth-order valence-corrected chi connectivity index (χ4v) is 8.17. The van der Waals surface area contributed by atoms with E-state index in [4.69, 9.17) is 4.98 Å². The molecule has 4 atom stereocenters. The van der Waals surface area contributed by atoms with Gasteiger partial charge in [-0.2, -0.15) is 0 Å². The van der Waals surface area contributed by atoms with E-state index in [-0.39, 0.29) is 23.0 Å². The van der Waals surface area contributed by atoms with Gasteiger partial charge in [0.15, 0.2) is 5.69 Å².